The predicted molar refractivity (Wildman–Crippen MR) is 55.6 cm³/mol. The van der Waals surface area contributed by atoms with Crippen LogP contribution in [0.5, 0.6) is 0 Å². The maximum absolute atomic E-state index is 11.5. The molecular formula is C8H13N3O2S. The van der Waals surface area contributed by atoms with Crippen LogP contribution in [0.15, 0.2) is 0 Å². The molecule has 1 rings (SSSR count). The minimum atomic E-state index is -0.436. The zero-order valence-electron chi connectivity index (χ0n) is 7.73. The van der Waals surface area contributed by atoms with Gasteiger partial charge in [0.25, 0.3) is 0 Å². The lowest BCUT2D eigenvalue weighted by molar-refractivity contribution is -0.136. The van der Waals surface area contributed by atoms with Gasteiger partial charge in [-0.15, -0.1) is 0 Å². The maximum Gasteiger partial charge on any atom is 0.242 e. The Hall–Kier alpha value is -1.17. The summed E-state index contributed by atoms with van der Waals surface area (Å²) in [6, 6.07) is -0.436. The average molecular weight is 215 g/mol. The van der Waals surface area contributed by atoms with Crippen molar-refractivity contribution < 1.29 is 9.59 Å². The average Bonchev–Trinajstić information content (AvgIpc) is 2.62. The molecule has 0 unspecified atom stereocenters. The smallest absolute Gasteiger partial charge is 0.242 e. The lowest BCUT2D eigenvalue weighted by Crippen LogP contribution is -2.46. The third-order valence-electron chi connectivity index (χ3n) is 2.24. The van der Waals surface area contributed by atoms with E-state index in [1.165, 1.54) is 10.4 Å². The van der Waals surface area contributed by atoms with E-state index in [1.54, 1.807) is 0 Å². The van der Waals surface area contributed by atoms with E-state index in [2.05, 4.69) is 17.5 Å². The van der Waals surface area contributed by atoms with Crippen LogP contribution in [0.3, 0.4) is 0 Å². The summed E-state index contributed by atoms with van der Waals surface area (Å²) >= 11 is 4.53. The van der Waals surface area contributed by atoms with Gasteiger partial charge >= 0.3 is 0 Å². The molecule has 0 spiro atoms. The van der Waals surface area contributed by atoms with Crippen molar-refractivity contribution in [2.24, 2.45) is 5.73 Å². The third kappa shape index (κ3) is 2.41. The highest BCUT2D eigenvalue weighted by Gasteiger charge is 2.31. The summed E-state index contributed by atoms with van der Waals surface area (Å²) in [7, 11) is 0. The fourth-order valence-electron chi connectivity index (χ4n) is 1.59. The van der Waals surface area contributed by atoms with Crippen molar-refractivity contribution in [2.45, 2.75) is 18.9 Å². The van der Waals surface area contributed by atoms with Gasteiger partial charge < -0.3 is 16.0 Å². The van der Waals surface area contributed by atoms with Gasteiger partial charge in [0.05, 0.1) is 12.0 Å². The van der Waals surface area contributed by atoms with Crippen LogP contribution < -0.4 is 11.1 Å². The third-order valence-corrected chi connectivity index (χ3v) is 2.40. The molecule has 1 saturated heterocycles. The molecule has 0 bridgehead atoms. The van der Waals surface area contributed by atoms with Crippen molar-refractivity contribution in [3.63, 3.8) is 0 Å². The molecule has 0 aromatic carbocycles. The number of primary amides is 1. The molecule has 1 aliphatic rings. The number of nitrogens with two attached hydrogens (primary N) is 1. The van der Waals surface area contributed by atoms with Crippen LogP contribution in [-0.4, -0.2) is 41.3 Å². The molecule has 1 fully saturated rings. The largest absolute Gasteiger partial charge is 0.373 e. The molecule has 0 aliphatic carbocycles. The van der Waals surface area contributed by atoms with Crippen LogP contribution in [-0.2, 0) is 9.59 Å². The zero-order chi connectivity index (χ0) is 10.6. The minimum Gasteiger partial charge on any atom is -0.373 e. The number of thiocarbonyl (C=S) groups is 1. The fraction of sp³-hybridized carbons (Fsp3) is 0.625. The Morgan fingerprint density at radius 1 is 1.64 bits per heavy atom. The summed E-state index contributed by atoms with van der Waals surface area (Å²) in [5.74, 6) is -0.564. The monoisotopic (exact) mass is 215 g/mol. The van der Waals surface area contributed by atoms with Gasteiger partial charge in [0, 0.05) is 6.54 Å². The van der Waals surface area contributed by atoms with Crippen molar-refractivity contribution in [2.75, 3.05) is 13.1 Å². The molecule has 78 valence electrons. The van der Waals surface area contributed by atoms with E-state index in [9.17, 15) is 9.59 Å². The van der Waals surface area contributed by atoms with Crippen LogP contribution in [0, 0.1) is 0 Å². The van der Waals surface area contributed by atoms with Crippen molar-refractivity contribution in [3.05, 3.63) is 0 Å². The number of nitrogens with zero attached hydrogens (tertiary/aromatic N) is 1. The molecule has 0 saturated carbocycles. The highest BCUT2D eigenvalue weighted by molar-refractivity contribution is 7.78. The summed E-state index contributed by atoms with van der Waals surface area (Å²) in [4.78, 5) is 24.0. The van der Waals surface area contributed by atoms with Gasteiger partial charge in [0.1, 0.15) is 6.04 Å². The fourth-order valence-corrected chi connectivity index (χ4v) is 1.67. The van der Waals surface area contributed by atoms with Crippen molar-refractivity contribution >= 4 is 29.5 Å². The van der Waals surface area contributed by atoms with Gasteiger partial charge in [-0.25, -0.2) is 0 Å². The van der Waals surface area contributed by atoms with E-state index < -0.39 is 11.9 Å². The van der Waals surface area contributed by atoms with Crippen molar-refractivity contribution in [3.8, 4) is 0 Å². The van der Waals surface area contributed by atoms with Crippen LogP contribution in [0.4, 0.5) is 0 Å². The topological polar surface area (TPSA) is 75.4 Å². The van der Waals surface area contributed by atoms with Crippen molar-refractivity contribution in [1.82, 2.24) is 10.2 Å². The highest BCUT2D eigenvalue weighted by atomic mass is 32.1. The van der Waals surface area contributed by atoms with Gasteiger partial charge in [0.15, 0.2) is 0 Å². The number of likely N-dealkylation sites (tertiary alicyclic amines) is 1. The number of hydrogen-bond acceptors (Lipinski definition) is 3. The molecule has 1 atom stereocenters. The second-order valence-corrected chi connectivity index (χ2v) is 3.38. The van der Waals surface area contributed by atoms with Gasteiger partial charge in [-0.1, -0.05) is 12.2 Å². The Morgan fingerprint density at radius 3 is 2.93 bits per heavy atom. The summed E-state index contributed by atoms with van der Waals surface area (Å²) in [5.41, 5.74) is 6.46. The first-order chi connectivity index (χ1) is 6.66. The molecule has 3 N–H and O–H groups in total. The van der Waals surface area contributed by atoms with E-state index in [0.29, 0.717) is 13.0 Å². The Kier molecular flexibility index (Phi) is 3.82. The molecule has 5 nitrogen and oxygen atoms in total. The van der Waals surface area contributed by atoms with Crippen LogP contribution in [0.25, 0.3) is 0 Å². The predicted octanol–water partition coefficient (Wildman–Crippen LogP) is -0.990. The van der Waals surface area contributed by atoms with Crippen LogP contribution in [0.1, 0.15) is 12.8 Å². The number of nitrogens with one attached hydrogen (secondary N) is 1. The second kappa shape index (κ2) is 4.90. The van der Waals surface area contributed by atoms with Gasteiger partial charge in [0.2, 0.25) is 11.8 Å². The lowest BCUT2D eigenvalue weighted by atomic mass is 10.2. The maximum atomic E-state index is 11.5. The molecule has 0 aromatic rings. The van der Waals surface area contributed by atoms with Gasteiger partial charge in [-0.05, 0) is 12.8 Å². The molecule has 6 heteroatoms. The number of hydrogen-bond donors (Lipinski definition) is 2. The summed E-state index contributed by atoms with van der Waals surface area (Å²) in [6.07, 6.45) is 1.50. The molecule has 2 amide bonds. The minimum absolute atomic E-state index is 0.132. The van der Waals surface area contributed by atoms with Crippen LogP contribution in [0.2, 0.25) is 0 Å². The van der Waals surface area contributed by atoms with E-state index in [-0.39, 0.29) is 12.5 Å². The number of carbonyl (C=O) groups excluding carboxylic acids is 2. The first-order valence-corrected chi connectivity index (χ1v) is 4.89. The normalized spacial score (nSPS) is 20.6. The Labute approximate surface area is 87.6 Å². The first-order valence-electron chi connectivity index (χ1n) is 4.42. The molecule has 0 radical (unpaired) electrons. The van der Waals surface area contributed by atoms with Crippen molar-refractivity contribution in [1.29, 1.82) is 0 Å². The number of carbonyl (C=O) groups is 2. The number of amides is 2. The van der Waals surface area contributed by atoms with E-state index in [0.717, 1.165) is 6.42 Å². The summed E-state index contributed by atoms with van der Waals surface area (Å²) in [5, 5.41) is 2.63. The quantitative estimate of drug-likeness (QED) is 0.590. The van der Waals surface area contributed by atoms with E-state index in [4.69, 9.17) is 5.73 Å². The molecule has 14 heavy (non-hydrogen) atoms. The standard InChI is InChI=1S/C8H13N3O2S/c9-8(13)6-2-1-3-11(6)7(12)4-10-5-14/h5-6H,1-4H2,(H2,9,13)(H,10,14)/t6-/m0/s1. The van der Waals surface area contributed by atoms with Crippen LogP contribution >= 0.6 is 12.2 Å². The molecular weight excluding hydrogens is 202 g/mol. The highest BCUT2D eigenvalue weighted by Crippen LogP contribution is 2.16. The molecule has 0 aromatic heterocycles. The Balaban J connectivity index is 2.53. The summed E-state index contributed by atoms with van der Waals surface area (Å²) < 4.78 is 0. The molecule has 1 aliphatic heterocycles. The van der Waals surface area contributed by atoms with Gasteiger partial charge in [-0.3, -0.25) is 9.59 Å². The second-order valence-electron chi connectivity index (χ2n) is 3.15. The van der Waals surface area contributed by atoms with E-state index >= 15 is 0 Å². The first kappa shape index (κ1) is 10.9. The lowest BCUT2D eigenvalue weighted by Gasteiger charge is -2.21. The Morgan fingerprint density at radius 2 is 2.36 bits per heavy atom. The Bertz CT molecular complexity index is 257. The number of rotatable bonds is 4. The molecule has 1 heterocycles. The van der Waals surface area contributed by atoms with E-state index in [1.807, 2.05) is 0 Å². The SMILES string of the molecule is NC(=O)[C@@H]1CCCN1C(=O)CNC=S. The van der Waals surface area contributed by atoms with Gasteiger partial charge in [-0.2, -0.15) is 0 Å². The summed E-state index contributed by atoms with van der Waals surface area (Å²) in [6.45, 7) is 0.735. The zero-order valence-corrected chi connectivity index (χ0v) is 8.55.